The fourth-order valence-corrected chi connectivity index (χ4v) is 3.21. The summed E-state index contributed by atoms with van der Waals surface area (Å²) in [4.78, 5) is 7.66. The highest BCUT2D eigenvalue weighted by molar-refractivity contribution is 7.20. The fraction of sp³-hybridized carbons (Fsp3) is 0.636. The van der Waals surface area contributed by atoms with Crippen molar-refractivity contribution in [2.24, 2.45) is 5.92 Å². The zero-order chi connectivity index (χ0) is 11.8. The van der Waals surface area contributed by atoms with Crippen LogP contribution in [0, 0.1) is 12.8 Å². The molecule has 0 bridgehead atoms. The van der Waals surface area contributed by atoms with Gasteiger partial charge in [0.15, 0.2) is 0 Å². The molecular weight excluding hydrogens is 236 g/mol. The zero-order valence-electron chi connectivity index (χ0n) is 9.83. The SMILES string of the molecule is Cc1cn2nc(N3CCC(CO)CC3)sc2n1. The standard InChI is InChI=1S/C11H16N4OS/c1-8-6-15-10(12-8)17-11(13-15)14-4-2-9(7-16)3-5-14/h6,9,16H,2-5,7H2,1H3. The minimum Gasteiger partial charge on any atom is -0.396 e. The third-order valence-electron chi connectivity index (χ3n) is 3.30. The van der Waals surface area contributed by atoms with E-state index in [1.165, 1.54) is 0 Å². The maximum Gasteiger partial charge on any atom is 0.214 e. The van der Waals surface area contributed by atoms with Crippen molar-refractivity contribution in [1.29, 1.82) is 0 Å². The average molecular weight is 252 g/mol. The molecule has 6 heteroatoms. The number of hydrogen-bond acceptors (Lipinski definition) is 5. The number of aliphatic hydroxyl groups excluding tert-OH is 1. The first-order chi connectivity index (χ1) is 8.26. The molecule has 0 atom stereocenters. The molecule has 1 fully saturated rings. The summed E-state index contributed by atoms with van der Waals surface area (Å²) in [6, 6.07) is 0. The Hall–Kier alpha value is -1.14. The van der Waals surface area contributed by atoms with Crippen LogP contribution in [-0.4, -0.2) is 39.4 Å². The van der Waals surface area contributed by atoms with Crippen LogP contribution in [0.1, 0.15) is 18.5 Å². The van der Waals surface area contributed by atoms with Gasteiger partial charge in [0.05, 0.1) is 11.9 Å². The van der Waals surface area contributed by atoms with Crippen LogP contribution in [0.3, 0.4) is 0 Å². The summed E-state index contributed by atoms with van der Waals surface area (Å²) in [5.74, 6) is 0.470. The molecular formula is C11H16N4OS. The van der Waals surface area contributed by atoms with Gasteiger partial charge >= 0.3 is 0 Å². The monoisotopic (exact) mass is 252 g/mol. The number of hydrogen-bond donors (Lipinski definition) is 1. The highest BCUT2D eigenvalue weighted by Gasteiger charge is 2.21. The second-order valence-electron chi connectivity index (χ2n) is 4.61. The molecule has 3 heterocycles. The molecule has 1 aliphatic heterocycles. The third kappa shape index (κ3) is 2.02. The molecule has 1 aliphatic rings. The van der Waals surface area contributed by atoms with E-state index >= 15 is 0 Å². The van der Waals surface area contributed by atoms with Crippen LogP contribution in [0.15, 0.2) is 6.20 Å². The highest BCUT2D eigenvalue weighted by Crippen LogP contribution is 2.27. The summed E-state index contributed by atoms with van der Waals surface area (Å²) < 4.78 is 1.85. The van der Waals surface area contributed by atoms with Crippen molar-refractivity contribution in [3.63, 3.8) is 0 Å². The number of imidazole rings is 1. The van der Waals surface area contributed by atoms with Gasteiger partial charge in [0, 0.05) is 19.7 Å². The Bertz CT molecular complexity index is 481. The number of fused-ring (bicyclic) bond motifs is 1. The van der Waals surface area contributed by atoms with Crippen molar-refractivity contribution in [2.75, 3.05) is 24.6 Å². The number of aliphatic hydroxyl groups is 1. The molecule has 0 radical (unpaired) electrons. The van der Waals surface area contributed by atoms with Gasteiger partial charge in [-0.2, -0.15) is 0 Å². The smallest absolute Gasteiger partial charge is 0.214 e. The van der Waals surface area contributed by atoms with E-state index in [1.807, 2.05) is 17.6 Å². The lowest BCUT2D eigenvalue weighted by Gasteiger charge is -2.30. The van der Waals surface area contributed by atoms with Gasteiger partial charge in [0.1, 0.15) is 0 Å². The quantitative estimate of drug-likeness (QED) is 0.875. The van der Waals surface area contributed by atoms with E-state index in [0.717, 1.165) is 41.7 Å². The lowest BCUT2D eigenvalue weighted by atomic mass is 9.98. The number of nitrogens with zero attached hydrogens (tertiary/aromatic N) is 4. The maximum absolute atomic E-state index is 9.11. The highest BCUT2D eigenvalue weighted by atomic mass is 32.1. The first-order valence-electron chi connectivity index (χ1n) is 5.95. The number of piperidine rings is 1. The molecule has 0 spiro atoms. The topological polar surface area (TPSA) is 53.7 Å². The Kier molecular flexibility index (Phi) is 2.76. The first-order valence-corrected chi connectivity index (χ1v) is 6.76. The molecule has 1 saturated heterocycles. The van der Waals surface area contributed by atoms with Gasteiger partial charge in [-0.25, -0.2) is 9.50 Å². The molecule has 0 aliphatic carbocycles. The molecule has 0 saturated carbocycles. The predicted molar refractivity (Wildman–Crippen MR) is 67.6 cm³/mol. The van der Waals surface area contributed by atoms with Crippen LogP contribution in [-0.2, 0) is 0 Å². The van der Waals surface area contributed by atoms with Gasteiger partial charge in [0.2, 0.25) is 10.1 Å². The normalized spacial score (nSPS) is 18.1. The van der Waals surface area contributed by atoms with Gasteiger partial charge < -0.3 is 10.0 Å². The number of anilines is 1. The van der Waals surface area contributed by atoms with E-state index in [9.17, 15) is 0 Å². The Morgan fingerprint density at radius 2 is 2.24 bits per heavy atom. The largest absolute Gasteiger partial charge is 0.396 e. The summed E-state index contributed by atoms with van der Waals surface area (Å²) in [7, 11) is 0. The van der Waals surface area contributed by atoms with Crippen molar-refractivity contribution in [3.8, 4) is 0 Å². The molecule has 0 aromatic carbocycles. The molecule has 2 aromatic rings. The van der Waals surface area contributed by atoms with E-state index in [0.29, 0.717) is 12.5 Å². The van der Waals surface area contributed by atoms with Crippen molar-refractivity contribution in [2.45, 2.75) is 19.8 Å². The summed E-state index contributed by atoms with van der Waals surface area (Å²) in [5.41, 5.74) is 1.01. The van der Waals surface area contributed by atoms with Crippen LogP contribution in [0.25, 0.3) is 4.96 Å². The lowest BCUT2D eigenvalue weighted by molar-refractivity contribution is 0.203. The molecule has 3 rings (SSSR count). The van der Waals surface area contributed by atoms with Crippen molar-refractivity contribution < 1.29 is 5.11 Å². The van der Waals surface area contributed by atoms with E-state index in [1.54, 1.807) is 11.3 Å². The molecule has 1 N–H and O–H groups in total. The minimum atomic E-state index is 0.314. The van der Waals surface area contributed by atoms with Gasteiger partial charge in [-0.3, -0.25) is 0 Å². The molecule has 5 nitrogen and oxygen atoms in total. The van der Waals surface area contributed by atoms with Crippen LogP contribution >= 0.6 is 11.3 Å². The number of rotatable bonds is 2. The number of aryl methyl sites for hydroxylation is 1. The van der Waals surface area contributed by atoms with E-state index < -0.39 is 0 Å². The summed E-state index contributed by atoms with van der Waals surface area (Å²) in [6.45, 7) is 4.27. The van der Waals surface area contributed by atoms with Crippen LogP contribution in [0.4, 0.5) is 5.13 Å². The summed E-state index contributed by atoms with van der Waals surface area (Å²) in [6.07, 6.45) is 4.06. The van der Waals surface area contributed by atoms with Gasteiger partial charge in [-0.05, 0) is 25.7 Å². The van der Waals surface area contributed by atoms with E-state index in [2.05, 4.69) is 15.0 Å². The first kappa shape index (κ1) is 11.0. The van der Waals surface area contributed by atoms with Crippen molar-refractivity contribution in [1.82, 2.24) is 14.6 Å². The zero-order valence-corrected chi connectivity index (χ0v) is 10.7. The van der Waals surface area contributed by atoms with Crippen LogP contribution in [0.5, 0.6) is 0 Å². The molecule has 0 amide bonds. The molecule has 92 valence electrons. The second kappa shape index (κ2) is 4.27. The lowest BCUT2D eigenvalue weighted by Crippen LogP contribution is -2.34. The van der Waals surface area contributed by atoms with Gasteiger partial charge in [-0.15, -0.1) is 5.10 Å². The Labute approximate surface area is 104 Å². The Morgan fingerprint density at radius 1 is 1.47 bits per heavy atom. The molecule has 17 heavy (non-hydrogen) atoms. The average Bonchev–Trinajstić information content (AvgIpc) is 2.86. The van der Waals surface area contributed by atoms with Gasteiger partial charge in [-0.1, -0.05) is 11.3 Å². The summed E-state index contributed by atoms with van der Waals surface area (Å²) in [5, 5.41) is 14.7. The Balaban J connectivity index is 1.77. The molecule has 0 unspecified atom stereocenters. The molecule has 2 aromatic heterocycles. The van der Waals surface area contributed by atoms with Crippen LogP contribution in [0.2, 0.25) is 0 Å². The van der Waals surface area contributed by atoms with E-state index in [4.69, 9.17) is 5.11 Å². The minimum absolute atomic E-state index is 0.314. The van der Waals surface area contributed by atoms with E-state index in [-0.39, 0.29) is 0 Å². The maximum atomic E-state index is 9.11. The van der Waals surface area contributed by atoms with Crippen LogP contribution < -0.4 is 4.90 Å². The van der Waals surface area contributed by atoms with Crippen molar-refractivity contribution >= 4 is 21.4 Å². The predicted octanol–water partition coefficient (Wildman–Crippen LogP) is 1.31. The fourth-order valence-electron chi connectivity index (χ4n) is 2.23. The Morgan fingerprint density at radius 3 is 2.88 bits per heavy atom. The third-order valence-corrected chi connectivity index (χ3v) is 4.28. The number of aromatic nitrogens is 3. The van der Waals surface area contributed by atoms with Gasteiger partial charge in [0.25, 0.3) is 0 Å². The second-order valence-corrected chi connectivity index (χ2v) is 5.54. The van der Waals surface area contributed by atoms with Crippen molar-refractivity contribution in [3.05, 3.63) is 11.9 Å². The summed E-state index contributed by atoms with van der Waals surface area (Å²) >= 11 is 1.64.